The molecule has 0 saturated heterocycles. The molecule has 0 saturated carbocycles. The van der Waals surface area contributed by atoms with Gasteiger partial charge >= 0.3 is 0 Å². The summed E-state index contributed by atoms with van der Waals surface area (Å²) in [6.45, 7) is 1.54. The van der Waals surface area contributed by atoms with Crippen LogP contribution in [0.3, 0.4) is 0 Å². The molecule has 1 unspecified atom stereocenters. The van der Waals surface area contributed by atoms with Gasteiger partial charge in [-0.3, -0.25) is 4.31 Å². The topological polar surface area (TPSA) is 67.3 Å². The zero-order chi connectivity index (χ0) is 21.9. The van der Waals surface area contributed by atoms with Gasteiger partial charge in [-0.2, -0.15) is 0 Å². The lowest BCUT2D eigenvalue weighted by molar-refractivity contribution is -0.107. The van der Waals surface area contributed by atoms with E-state index < -0.39 is 33.4 Å². The minimum atomic E-state index is -4.29. The minimum Gasteiger partial charge on any atom is -0.303 e. The fourth-order valence-electron chi connectivity index (χ4n) is 2.85. The quantitative estimate of drug-likeness (QED) is 0.426. The lowest BCUT2D eigenvalue weighted by atomic mass is 10.2. The molecule has 3 rings (SSSR count). The molecule has 0 N–H and O–H groups in total. The zero-order valence-electron chi connectivity index (χ0n) is 15.8. The number of anilines is 1. The van der Waals surface area contributed by atoms with Crippen molar-refractivity contribution in [1.82, 2.24) is 4.98 Å². The van der Waals surface area contributed by atoms with Gasteiger partial charge in [0.05, 0.1) is 16.6 Å². The molecule has 3 aromatic rings. The molecule has 5 nitrogen and oxygen atoms in total. The average molecular weight is 471 g/mol. The van der Waals surface area contributed by atoms with Crippen LogP contribution in [-0.2, 0) is 21.2 Å². The average Bonchev–Trinajstić information content (AvgIpc) is 3.18. The van der Waals surface area contributed by atoms with Gasteiger partial charge in [-0.25, -0.2) is 22.2 Å². The summed E-state index contributed by atoms with van der Waals surface area (Å²) < 4.78 is 56.2. The molecule has 0 bridgehead atoms. The van der Waals surface area contributed by atoms with Crippen LogP contribution in [0.1, 0.15) is 29.3 Å². The number of nitrogens with zero attached hydrogens (tertiary/aromatic N) is 2. The van der Waals surface area contributed by atoms with E-state index in [-0.39, 0.29) is 4.90 Å². The van der Waals surface area contributed by atoms with Gasteiger partial charge in [0.15, 0.2) is 0 Å². The van der Waals surface area contributed by atoms with Crippen LogP contribution >= 0.6 is 22.9 Å². The summed E-state index contributed by atoms with van der Waals surface area (Å²) in [5.74, 6) is -1.67. The highest BCUT2D eigenvalue weighted by atomic mass is 35.5. The van der Waals surface area contributed by atoms with Crippen molar-refractivity contribution in [2.24, 2.45) is 0 Å². The highest BCUT2D eigenvalue weighted by Gasteiger charge is 2.34. The number of thiazole rings is 1. The Hall–Kier alpha value is -2.36. The molecule has 1 aromatic heterocycles. The Kier molecular flexibility index (Phi) is 6.84. The Balaban J connectivity index is 2.12. The van der Waals surface area contributed by atoms with Crippen molar-refractivity contribution in [2.45, 2.75) is 30.7 Å². The second-order valence-corrected chi connectivity index (χ2v) is 9.79. The predicted molar refractivity (Wildman–Crippen MR) is 112 cm³/mol. The normalized spacial score (nSPS) is 12.5. The molecule has 1 atom stereocenters. The molecule has 0 aliphatic heterocycles. The van der Waals surface area contributed by atoms with Gasteiger partial charge in [-0.1, -0.05) is 11.6 Å². The van der Waals surface area contributed by atoms with E-state index in [4.69, 9.17) is 11.6 Å². The molecule has 0 amide bonds. The number of aryl methyl sites for hydroxylation is 1. The van der Waals surface area contributed by atoms with Crippen LogP contribution in [0.4, 0.5) is 14.5 Å². The number of aromatic nitrogens is 1. The SMILES string of the molecule is CC(c1ncc(CCC=O)s1)N(c1cc(F)ccc1F)S(=O)(=O)c1ccc(Cl)cc1. The van der Waals surface area contributed by atoms with Crippen molar-refractivity contribution < 1.29 is 22.0 Å². The first-order valence-corrected chi connectivity index (χ1v) is 11.5. The van der Waals surface area contributed by atoms with Crippen molar-refractivity contribution in [3.63, 3.8) is 0 Å². The Labute approximate surface area is 182 Å². The Morgan fingerprint density at radius 2 is 1.90 bits per heavy atom. The monoisotopic (exact) mass is 470 g/mol. The smallest absolute Gasteiger partial charge is 0.265 e. The van der Waals surface area contributed by atoms with Crippen LogP contribution in [0, 0.1) is 11.6 Å². The molecule has 0 fully saturated rings. The van der Waals surface area contributed by atoms with Gasteiger partial charge in [0, 0.05) is 28.6 Å². The largest absolute Gasteiger partial charge is 0.303 e. The highest BCUT2D eigenvalue weighted by Crippen LogP contribution is 2.37. The van der Waals surface area contributed by atoms with E-state index in [9.17, 15) is 22.0 Å². The van der Waals surface area contributed by atoms with Gasteiger partial charge < -0.3 is 4.79 Å². The summed E-state index contributed by atoms with van der Waals surface area (Å²) in [4.78, 5) is 15.5. The van der Waals surface area contributed by atoms with E-state index in [2.05, 4.69) is 4.98 Å². The third kappa shape index (κ3) is 4.69. The number of benzene rings is 2. The van der Waals surface area contributed by atoms with Crippen molar-refractivity contribution in [2.75, 3.05) is 4.31 Å². The lowest BCUT2D eigenvalue weighted by Crippen LogP contribution is -2.34. The lowest BCUT2D eigenvalue weighted by Gasteiger charge is -2.29. The third-order valence-electron chi connectivity index (χ3n) is 4.31. The number of halogens is 3. The maximum absolute atomic E-state index is 14.6. The standard InChI is InChI=1S/C20H17ClF2N2O3S2/c1-13(20-24-12-16(29-20)3-2-10-26)25(19-11-15(22)6-9-18(19)23)30(27,28)17-7-4-14(21)5-8-17/h4-13H,2-3H2,1H3. The molecule has 10 heteroatoms. The summed E-state index contributed by atoms with van der Waals surface area (Å²) in [7, 11) is -4.29. The summed E-state index contributed by atoms with van der Waals surface area (Å²) >= 11 is 7.07. The Morgan fingerprint density at radius 1 is 1.20 bits per heavy atom. The van der Waals surface area contributed by atoms with Crippen LogP contribution in [0.5, 0.6) is 0 Å². The Morgan fingerprint density at radius 3 is 2.57 bits per heavy atom. The molecular weight excluding hydrogens is 454 g/mol. The summed E-state index contributed by atoms with van der Waals surface area (Å²) in [5, 5.41) is 0.724. The maximum atomic E-state index is 14.6. The van der Waals surface area contributed by atoms with Crippen molar-refractivity contribution in [1.29, 1.82) is 0 Å². The molecule has 0 spiro atoms. The molecule has 0 aliphatic carbocycles. The first kappa shape index (κ1) is 22.3. The number of aldehydes is 1. The second-order valence-electron chi connectivity index (χ2n) is 6.40. The van der Waals surface area contributed by atoms with Gasteiger partial charge in [0.25, 0.3) is 10.0 Å². The first-order valence-electron chi connectivity index (χ1n) is 8.87. The maximum Gasteiger partial charge on any atom is 0.265 e. The number of carbonyl (C=O) groups excluding carboxylic acids is 1. The predicted octanol–water partition coefficient (Wildman–Crippen LogP) is 5.16. The van der Waals surface area contributed by atoms with E-state index in [0.29, 0.717) is 22.9 Å². The van der Waals surface area contributed by atoms with Crippen molar-refractivity contribution >= 4 is 44.9 Å². The van der Waals surface area contributed by atoms with Gasteiger partial charge in [0.1, 0.15) is 22.9 Å². The van der Waals surface area contributed by atoms with Crippen LogP contribution in [0.15, 0.2) is 53.6 Å². The third-order valence-corrected chi connectivity index (χ3v) is 7.68. The summed E-state index contributed by atoms with van der Waals surface area (Å²) in [6, 6.07) is 7.09. The number of carbonyl (C=O) groups is 1. The zero-order valence-corrected chi connectivity index (χ0v) is 18.1. The van der Waals surface area contributed by atoms with Crippen molar-refractivity contribution in [3.05, 3.63) is 75.2 Å². The summed E-state index contributed by atoms with van der Waals surface area (Å²) in [5.41, 5.74) is -0.429. The number of hydrogen-bond donors (Lipinski definition) is 0. The fraction of sp³-hybridized carbons (Fsp3) is 0.200. The molecule has 0 aliphatic rings. The van der Waals surface area contributed by atoms with Crippen LogP contribution in [0.2, 0.25) is 5.02 Å². The van der Waals surface area contributed by atoms with E-state index in [0.717, 1.165) is 33.7 Å². The van der Waals surface area contributed by atoms with E-state index >= 15 is 0 Å². The molecular formula is C20H17ClF2N2O3S2. The van der Waals surface area contributed by atoms with E-state index in [1.807, 2.05) is 0 Å². The van der Waals surface area contributed by atoms with Crippen LogP contribution in [0.25, 0.3) is 0 Å². The van der Waals surface area contributed by atoms with E-state index in [1.54, 1.807) is 13.1 Å². The second kappa shape index (κ2) is 9.20. The molecule has 1 heterocycles. The van der Waals surface area contributed by atoms with Gasteiger partial charge in [-0.05, 0) is 49.7 Å². The molecule has 30 heavy (non-hydrogen) atoms. The van der Waals surface area contributed by atoms with Crippen molar-refractivity contribution in [3.8, 4) is 0 Å². The summed E-state index contributed by atoms with van der Waals surface area (Å²) in [6.07, 6.45) is 3.10. The van der Waals surface area contributed by atoms with Crippen LogP contribution in [-0.4, -0.2) is 19.7 Å². The first-order chi connectivity index (χ1) is 14.2. The fourth-order valence-corrected chi connectivity index (χ4v) is 5.64. The number of sulfonamides is 1. The molecule has 2 aromatic carbocycles. The molecule has 0 radical (unpaired) electrons. The van der Waals surface area contributed by atoms with E-state index in [1.165, 1.54) is 35.6 Å². The van der Waals surface area contributed by atoms with Gasteiger partial charge in [0.2, 0.25) is 0 Å². The number of rotatable bonds is 8. The molecule has 158 valence electrons. The van der Waals surface area contributed by atoms with Gasteiger partial charge in [-0.15, -0.1) is 11.3 Å². The number of hydrogen-bond acceptors (Lipinski definition) is 5. The minimum absolute atomic E-state index is 0.125. The van der Waals surface area contributed by atoms with Crippen LogP contribution < -0.4 is 4.31 Å². The highest BCUT2D eigenvalue weighted by molar-refractivity contribution is 7.92. The Bertz CT molecular complexity index is 1150.